The second-order valence-electron chi connectivity index (χ2n) is 5.42. The van der Waals surface area contributed by atoms with Gasteiger partial charge in [-0.2, -0.15) is 13.2 Å². The van der Waals surface area contributed by atoms with Crippen LogP contribution in [0, 0.1) is 17.8 Å². The van der Waals surface area contributed by atoms with Crippen molar-refractivity contribution in [3.8, 4) is 0 Å². The molecule has 1 unspecified atom stereocenters. The van der Waals surface area contributed by atoms with Gasteiger partial charge in [0.15, 0.2) is 0 Å². The number of nitrogens with one attached hydrogen (secondary N) is 1. The van der Waals surface area contributed by atoms with Gasteiger partial charge in [-0.1, -0.05) is 6.92 Å². The predicted octanol–water partition coefficient (Wildman–Crippen LogP) is 3.74. The number of halogens is 4. The monoisotopic (exact) mass is 299 g/mol. The van der Waals surface area contributed by atoms with Gasteiger partial charge < -0.3 is 5.32 Å². The molecule has 0 aromatic rings. The van der Waals surface area contributed by atoms with Crippen molar-refractivity contribution in [3.63, 3.8) is 0 Å². The number of carbonyl (C=O) groups excluding carboxylic acids is 1. The lowest BCUT2D eigenvalue weighted by molar-refractivity contribution is -0.184. The van der Waals surface area contributed by atoms with E-state index in [1.165, 1.54) is 0 Å². The largest absolute Gasteiger partial charge is 0.391 e. The van der Waals surface area contributed by atoms with Crippen molar-refractivity contribution in [2.45, 2.75) is 45.2 Å². The Bertz CT molecular complexity index is 288. The van der Waals surface area contributed by atoms with E-state index in [1.54, 1.807) is 0 Å². The molecule has 19 heavy (non-hydrogen) atoms. The molecule has 0 radical (unpaired) electrons. The van der Waals surface area contributed by atoms with Crippen LogP contribution in [-0.2, 0) is 4.79 Å². The van der Waals surface area contributed by atoms with Crippen LogP contribution in [0.1, 0.15) is 39.0 Å². The Balaban J connectivity index is 2.29. The molecular formula is C13H21ClF3NO. The van der Waals surface area contributed by atoms with Crippen LogP contribution in [0.4, 0.5) is 13.2 Å². The van der Waals surface area contributed by atoms with Crippen molar-refractivity contribution in [1.29, 1.82) is 0 Å². The average molecular weight is 300 g/mol. The molecule has 0 saturated heterocycles. The highest BCUT2D eigenvalue weighted by atomic mass is 35.5. The summed E-state index contributed by atoms with van der Waals surface area (Å²) in [5.74, 6) is -0.753. The summed E-state index contributed by atoms with van der Waals surface area (Å²) in [6.45, 7) is 2.54. The van der Waals surface area contributed by atoms with Crippen LogP contribution in [0.2, 0.25) is 0 Å². The number of rotatable bonds is 5. The second kappa shape index (κ2) is 7.36. The molecule has 1 N–H and O–H groups in total. The van der Waals surface area contributed by atoms with E-state index in [-0.39, 0.29) is 24.7 Å². The third-order valence-corrected chi connectivity index (χ3v) is 4.01. The van der Waals surface area contributed by atoms with E-state index in [0.29, 0.717) is 31.2 Å². The minimum Gasteiger partial charge on any atom is -0.356 e. The zero-order chi connectivity index (χ0) is 14.5. The molecule has 0 aromatic carbocycles. The molecule has 0 heterocycles. The Kier molecular flexibility index (Phi) is 6.43. The van der Waals surface area contributed by atoms with Crippen LogP contribution in [0.3, 0.4) is 0 Å². The highest BCUT2D eigenvalue weighted by Crippen LogP contribution is 2.39. The van der Waals surface area contributed by atoms with Crippen LogP contribution in [0.25, 0.3) is 0 Å². The lowest BCUT2D eigenvalue weighted by atomic mass is 9.81. The normalized spacial score (nSPS) is 25.9. The molecule has 0 spiro atoms. The van der Waals surface area contributed by atoms with E-state index >= 15 is 0 Å². The fourth-order valence-corrected chi connectivity index (χ4v) is 2.76. The first kappa shape index (κ1) is 16.6. The standard InChI is InChI=1S/C13H21ClF3NO/c1-9(6-7-14)8-18-12(19)10-2-4-11(5-3-10)13(15,16)17/h9-11H,2-8H2,1H3,(H,18,19). The zero-order valence-corrected chi connectivity index (χ0v) is 11.9. The summed E-state index contributed by atoms with van der Waals surface area (Å²) in [6.07, 6.45) is -2.49. The molecule has 0 bridgehead atoms. The zero-order valence-electron chi connectivity index (χ0n) is 11.1. The fourth-order valence-electron chi connectivity index (χ4n) is 2.39. The van der Waals surface area contributed by atoms with Crippen molar-refractivity contribution < 1.29 is 18.0 Å². The van der Waals surface area contributed by atoms with E-state index in [0.717, 1.165) is 6.42 Å². The predicted molar refractivity (Wildman–Crippen MR) is 69.0 cm³/mol. The van der Waals surface area contributed by atoms with Gasteiger partial charge in [0.05, 0.1) is 5.92 Å². The lowest BCUT2D eigenvalue weighted by Crippen LogP contribution is -2.37. The smallest absolute Gasteiger partial charge is 0.356 e. The molecular weight excluding hydrogens is 279 g/mol. The minimum absolute atomic E-state index is 0.0683. The topological polar surface area (TPSA) is 29.1 Å². The highest BCUT2D eigenvalue weighted by molar-refractivity contribution is 6.17. The van der Waals surface area contributed by atoms with Gasteiger partial charge in [0, 0.05) is 18.3 Å². The molecule has 6 heteroatoms. The van der Waals surface area contributed by atoms with Crippen LogP contribution in [-0.4, -0.2) is 24.5 Å². The highest BCUT2D eigenvalue weighted by Gasteiger charge is 2.42. The number of alkyl halides is 4. The van der Waals surface area contributed by atoms with E-state index in [2.05, 4.69) is 5.32 Å². The van der Waals surface area contributed by atoms with Gasteiger partial charge in [0.2, 0.25) is 5.91 Å². The maximum atomic E-state index is 12.5. The molecule has 0 aromatic heterocycles. The molecule has 1 atom stereocenters. The molecule has 1 fully saturated rings. The minimum atomic E-state index is -4.11. The summed E-state index contributed by atoms with van der Waals surface area (Å²) >= 11 is 5.60. The summed E-state index contributed by atoms with van der Waals surface area (Å²) < 4.78 is 37.5. The first-order valence-corrected chi connectivity index (χ1v) is 7.28. The first-order valence-electron chi connectivity index (χ1n) is 6.75. The SMILES string of the molecule is CC(CCCl)CNC(=O)C1CCC(C(F)(F)F)CC1. The summed E-state index contributed by atoms with van der Waals surface area (Å²) in [4.78, 5) is 11.8. The maximum absolute atomic E-state index is 12.5. The molecule has 1 aliphatic rings. The third kappa shape index (κ3) is 5.59. The van der Waals surface area contributed by atoms with Crippen LogP contribution < -0.4 is 5.32 Å². The molecule has 1 amide bonds. The summed E-state index contributed by atoms with van der Waals surface area (Å²) in [5.41, 5.74) is 0. The number of carbonyl (C=O) groups is 1. The van der Waals surface area contributed by atoms with Crippen molar-refractivity contribution >= 4 is 17.5 Å². The van der Waals surface area contributed by atoms with Crippen molar-refractivity contribution in [3.05, 3.63) is 0 Å². The summed E-state index contributed by atoms with van der Waals surface area (Å²) in [5, 5.41) is 2.81. The van der Waals surface area contributed by atoms with Crippen molar-refractivity contribution in [2.75, 3.05) is 12.4 Å². The Morgan fingerprint density at radius 3 is 2.37 bits per heavy atom. The Labute approximate surface area is 117 Å². The molecule has 112 valence electrons. The number of hydrogen-bond donors (Lipinski definition) is 1. The molecule has 2 nitrogen and oxygen atoms in total. The van der Waals surface area contributed by atoms with E-state index < -0.39 is 12.1 Å². The van der Waals surface area contributed by atoms with Gasteiger partial charge in [0.1, 0.15) is 0 Å². The van der Waals surface area contributed by atoms with Crippen LogP contribution in [0.15, 0.2) is 0 Å². The molecule has 0 aliphatic heterocycles. The van der Waals surface area contributed by atoms with Crippen LogP contribution >= 0.6 is 11.6 Å². The van der Waals surface area contributed by atoms with Gasteiger partial charge in [0.25, 0.3) is 0 Å². The van der Waals surface area contributed by atoms with Gasteiger partial charge in [-0.15, -0.1) is 11.6 Å². The van der Waals surface area contributed by atoms with E-state index in [9.17, 15) is 18.0 Å². The molecule has 1 aliphatic carbocycles. The summed E-state index contributed by atoms with van der Waals surface area (Å²) in [7, 11) is 0. The molecule has 1 saturated carbocycles. The van der Waals surface area contributed by atoms with Gasteiger partial charge in [-0.05, 0) is 38.0 Å². The molecule has 1 rings (SSSR count). The number of hydrogen-bond acceptors (Lipinski definition) is 1. The van der Waals surface area contributed by atoms with Gasteiger partial charge in [-0.25, -0.2) is 0 Å². The quantitative estimate of drug-likeness (QED) is 0.770. The van der Waals surface area contributed by atoms with Gasteiger partial charge >= 0.3 is 6.18 Å². The second-order valence-corrected chi connectivity index (χ2v) is 5.80. The first-order chi connectivity index (χ1) is 8.84. The van der Waals surface area contributed by atoms with Crippen molar-refractivity contribution in [2.24, 2.45) is 17.8 Å². The average Bonchev–Trinajstić information content (AvgIpc) is 2.35. The maximum Gasteiger partial charge on any atom is 0.391 e. The Hall–Kier alpha value is -0.450. The van der Waals surface area contributed by atoms with E-state index in [1.807, 2.05) is 6.92 Å². The van der Waals surface area contributed by atoms with Crippen molar-refractivity contribution in [1.82, 2.24) is 5.32 Å². The van der Waals surface area contributed by atoms with Crippen LogP contribution in [0.5, 0.6) is 0 Å². The Morgan fingerprint density at radius 1 is 1.32 bits per heavy atom. The Morgan fingerprint density at radius 2 is 1.89 bits per heavy atom. The number of amides is 1. The third-order valence-electron chi connectivity index (χ3n) is 3.79. The fraction of sp³-hybridized carbons (Fsp3) is 0.923. The van der Waals surface area contributed by atoms with Gasteiger partial charge in [-0.3, -0.25) is 4.79 Å². The van der Waals surface area contributed by atoms with E-state index in [4.69, 9.17) is 11.6 Å². The lowest BCUT2D eigenvalue weighted by Gasteiger charge is -2.29. The summed E-state index contributed by atoms with van der Waals surface area (Å²) in [6, 6.07) is 0.